The Hall–Kier alpha value is -0.450. The van der Waals surface area contributed by atoms with Gasteiger partial charge >= 0.3 is 0 Å². The zero-order chi connectivity index (χ0) is 11.3. The molecule has 0 amide bonds. The van der Waals surface area contributed by atoms with Gasteiger partial charge in [-0.3, -0.25) is 0 Å². The Bertz CT molecular complexity index is 319. The van der Waals surface area contributed by atoms with Gasteiger partial charge in [0, 0.05) is 0 Å². The van der Waals surface area contributed by atoms with E-state index < -0.39 is 0 Å². The first kappa shape index (κ1) is 12.6. The Morgan fingerprint density at radius 3 is 2.80 bits per heavy atom. The molecule has 1 aromatic carbocycles. The summed E-state index contributed by atoms with van der Waals surface area (Å²) in [6, 6.07) is 4.65. The van der Waals surface area contributed by atoms with Crippen LogP contribution >= 0.6 is 15.9 Å². The second kappa shape index (κ2) is 6.20. The molecule has 1 atom stereocenters. The third-order valence-corrected chi connectivity index (χ3v) is 2.78. The van der Waals surface area contributed by atoms with E-state index in [0.29, 0.717) is 4.47 Å². The van der Waals surface area contributed by atoms with Crippen molar-refractivity contribution in [2.24, 2.45) is 0 Å². The predicted molar refractivity (Wildman–Crippen MR) is 62.2 cm³/mol. The first-order valence-electron chi connectivity index (χ1n) is 4.98. The molecule has 0 aromatic heterocycles. The zero-order valence-electron chi connectivity index (χ0n) is 8.63. The molecule has 0 spiro atoms. The fraction of sp³-hybridized carbons (Fsp3) is 0.455. The third kappa shape index (κ3) is 3.55. The first-order chi connectivity index (χ1) is 7.19. The molecule has 1 aromatic rings. The van der Waals surface area contributed by atoms with E-state index in [1.807, 2.05) is 0 Å². The summed E-state index contributed by atoms with van der Waals surface area (Å²) in [6.07, 6.45) is 0.999. The van der Waals surface area contributed by atoms with Crippen LogP contribution in [0.3, 0.4) is 0 Å². The summed E-state index contributed by atoms with van der Waals surface area (Å²) in [4.78, 5) is 0. The summed E-state index contributed by atoms with van der Waals surface area (Å²) in [5.41, 5.74) is 0.888. The fourth-order valence-corrected chi connectivity index (χ4v) is 1.73. The van der Waals surface area contributed by atoms with Crippen molar-refractivity contribution in [3.05, 3.63) is 34.1 Å². The van der Waals surface area contributed by atoms with Crippen LogP contribution in [0.15, 0.2) is 22.7 Å². The van der Waals surface area contributed by atoms with Crippen LogP contribution in [0.2, 0.25) is 0 Å². The Balaban J connectivity index is 2.78. The lowest BCUT2D eigenvalue weighted by atomic mass is 10.1. The molecule has 15 heavy (non-hydrogen) atoms. The molecular weight excluding hydrogens is 261 g/mol. The van der Waals surface area contributed by atoms with Crippen LogP contribution in [0, 0.1) is 5.82 Å². The highest BCUT2D eigenvalue weighted by atomic mass is 79.9. The highest BCUT2D eigenvalue weighted by molar-refractivity contribution is 9.10. The number of hydrogen-bond donors (Lipinski definition) is 2. The van der Waals surface area contributed by atoms with Crippen LogP contribution < -0.4 is 5.32 Å². The Morgan fingerprint density at radius 2 is 2.27 bits per heavy atom. The number of aliphatic hydroxyl groups is 1. The van der Waals surface area contributed by atoms with Gasteiger partial charge in [0.2, 0.25) is 0 Å². The quantitative estimate of drug-likeness (QED) is 0.866. The summed E-state index contributed by atoms with van der Waals surface area (Å²) in [5.74, 6) is -0.286. The van der Waals surface area contributed by atoms with Crippen LogP contribution in [-0.4, -0.2) is 18.3 Å². The van der Waals surface area contributed by atoms with Crippen molar-refractivity contribution in [1.29, 1.82) is 0 Å². The largest absolute Gasteiger partial charge is 0.394 e. The molecule has 84 valence electrons. The van der Waals surface area contributed by atoms with Gasteiger partial charge in [-0.15, -0.1) is 0 Å². The van der Waals surface area contributed by atoms with E-state index in [-0.39, 0.29) is 18.5 Å². The molecule has 0 saturated heterocycles. The number of rotatable bonds is 5. The van der Waals surface area contributed by atoms with Crippen molar-refractivity contribution in [2.45, 2.75) is 19.4 Å². The van der Waals surface area contributed by atoms with Crippen molar-refractivity contribution in [1.82, 2.24) is 5.32 Å². The minimum absolute atomic E-state index is 0.0120. The molecular formula is C11H15BrFNO. The van der Waals surface area contributed by atoms with Gasteiger partial charge in [-0.1, -0.05) is 13.0 Å². The molecule has 0 heterocycles. The molecule has 0 aliphatic carbocycles. The van der Waals surface area contributed by atoms with E-state index in [9.17, 15) is 9.50 Å². The van der Waals surface area contributed by atoms with Gasteiger partial charge in [-0.05, 0) is 46.6 Å². The summed E-state index contributed by atoms with van der Waals surface area (Å²) in [7, 11) is 0. The topological polar surface area (TPSA) is 32.3 Å². The summed E-state index contributed by atoms with van der Waals surface area (Å²) in [5, 5.41) is 12.4. The maximum atomic E-state index is 13.0. The molecule has 0 bridgehead atoms. The van der Waals surface area contributed by atoms with E-state index in [1.54, 1.807) is 12.1 Å². The minimum Gasteiger partial charge on any atom is -0.394 e. The van der Waals surface area contributed by atoms with Crippen molar-refractivity contribution in [3.8, 4) is 0 Å². The van der Waals surface area contributed by atoms with Crippen LogP contribution in [0.25, 0.3) is 0 Å². The first-order valence-corrected chi connectivity index (χ1v) is 5.77. The smallest absolute Gasteiger partial charge is 0.137 e. The lowest BCUT2D eigenvalue weighted by molar-refractivity contribution is 0.244. The summed E-state index contributed by atoms with van der Waals surface area (Å²) < 4.78 is 13.4. The van der Waals surface area contributed by atoms with Gasteiger partial charge in [-0.2, -0.15) is 0 Å². The second-order valence-corrected chi connectivity index (χ2v) is 4.22. The number of aliphatic hydroxyl groups excluding tert-OH is 1. The van der Waals surface area contributed by atoms with E-state index >= 15 is 0 Å². The van der Waals surface area contributed by atoms with E-state index in [4.69, 9.17) is 0 Å². The molecule has 1 rings (SSSR count). The van der Waals surface area contributed by atoms with Crippen LogP contribution in [0.4, 0.5) is 4.39 Å². The van der Waals surface area contributed by atoms with Crippen molar-refractivity contribution in [3.63, 3.8) is 0 Å². The fourth-order valence-electron chi connectivity index (χ4n) is 1.34. The van der Waals surface area contributed by atoms with Gasteiger partial charge in [0.25, 0.3) is 0 Å². The van der Waals surface area contributed by atoms with Crippen LogP contribution in [0.1, 0.15) is 24.9 Å². The van der Waals surface area contributed by atoms with Gasteiger partial charge in [0.1, 0.15) is 5.82 Å². The van der Waals surface area contributed by atoms with E-state index in [2.05, 4.69) is 28.2 Å². The monoisotopic (exact) mass is 275 g/mol. The molecule has 4 heteroatoms. The normalized spacial score (nSPS) is 12.8. The molecule has 2 nitrogen and oxygen atoms in total. The molecule has 0 aliphatic rings. The standard InChI is InChI=1S/C11H15BrFNO/c1-2-5-14-11(7-15)8-3-4-10(13)9(12)6-8/h3-4,6,11,14-15H,2,5,7H2,1H3. The molecule has 0 fully saturated rings. The van der Waals surface area contributed by atoms with E-state index in [0.717, 1.165) is 18.5 Å². The molecule has 0 aliphatic heterocycles. The molecule has 1 unspecified atom stereocenters. The predicted octanol–water partition coefficient (Wildman–Crippen LogP) is 2.62. The SMILES string of the molecule is CCCNC(CO)c1ccc(F)c(Br)c1. The van der Waals surface area contributed by atoms with Gasteiger partial charge in [0.05, 0.1) is 17.1 Å². The highest BCUT2D eigenvalue weighted by Crippen LogP contribution is 2.21. The summed E-state index contributed by atoms with van der Waals surface area (Å²) in [6.45, 7) is 2.90. The Kier molecular flexibility index (Phi) is 5.22. The minimum atomic E-state index is -0.286. The lowest BCUT2D eigenvalue weighted by Crippen LogP contribution is -2.25. The van der Waals surface area contributed by atoms with Crippen LogP contribution in [-0.2, 0) is 0 Å². The Morgan fingerprint density at radius 1 is 1.53 bits per heavy atom. The lowest BCUT2D eigenvalue weighted by Gasteiger charge is -2.16. The third-order valence-electron chi connectivity index (χ3n) is 2.17. The maximum absolute atomic E-state index is 13.0. The average Bonchev–Trinajstić information content (AvgIpc) is 2.24. The number of benzene rings is 1. The molecule has 2 N–H and O–H groups in total. The molecule has 0 saturated carbocycles. The number of halogens is 2. The zero-order valence-corrected chi connectivity index (χ0v) is 10.2. The highest BCUT2D eigenvalue weighted by Gasteiger charge is 2.10. The van der Waals surface area contributed by atoms with Crippen molar-refractivity contribution < 1.29 is 9.50 Å². The van der Waals surface area contributed by atoms with Crippen LogP contribution in [0.5, 0.6) is 0 Å². The number of hydrogen-bond acceptors (Lipinski definition) is 2. The van der Waals surface area contributed by atoms with Crippen molar-refractivity contribution in [2.75, 3.05) is 13.2 Å². The Labute approximate surface area is 97.6 Å². The molecule has 0 radical (unpaired) electrons. The van der Waals surface area contributed by atoms with Crippen molar-refractivity contribution >= 4 is 15.9 Å². The number of nitrogens with one attached hydrogen (secondary N) is 1. The average molecular weight is 276 g/mol. The van der Waals surface area contributed by atoms with Gasteiger partial charge in [0.15, 0.2) is 0 Å². The second-order valence-electron chi connectivity index (χ2n) is 3.36. The van der Waals surface area contributed by atoms with E-state index in [1.165, 1.54) is 6.07 Å². The van der Waals surface area contributed by atoms with Gasteiger partial charge < -0.3 is 10.4 Å². The maximum Gasteiger partial charge on any atom is 0.137 e. The van der Waals surface area contributed by atoms with Gasteiger partial charge in [-0.25, -0.2) is 4.39 Å². The summed E-state index contributed by atoms with van der Waals surface area (Å²) >= 11 is 3.13.